The van der Waals surface area contributed by atoms with Gasteiger partial charge >= 0.3 is 12.1 Å². The molecule has 1 saturated heterocycles. The molecule has 200 valence electrons. The molecule has 2 aromatic rings. The van der Waals surface area contributed by atoms with Crippen molar-refractivity contribution in [2.75, 3.05) is 19.7 Å². The summed E-state index contributed by atoms with van der Waals surface area (Å²) in [6, 6.07) is 15.0. The van der Waals surface area contributed by atoms with Crippen LogP contribution in [-0.2, 0) is 20.8 Å². The number of carbonyl (C=O) groups excluding carboxylic acids is 2. The number of rotatable bonds is 7. The fourth-order valence-electron chi connectivity index (χ4n) is 4.94. The van der Waals surface area contributed by atoms with Gasteiger partial charge in [-0.2, -0.15) is 0 Å². The number of benzene rings is 2. The number of esters is 1. The zero-order valence-electron chi connectivity index (χ0n) is 21.3. The predicted octanol–water partition coefficient (Wildman–Crippen LogP) is 4.68. The van der Waals surface area contributed by atoms with Gasteiger partial charge in [-0.25, -0.2) is 14.7 Å². The van der Waals surface area contributed by atoms with Crippen molar-refractivity contribution in [3.63, 3.8) is 0 Å². The molecule has 38 heavy (non-hydrogen) atoms. The third-order valence-electron chi connectivity index (χ3n) is 6.76. The van der Waals surface area contributed by atoms with E-state index in [1.54, 1.807) is 19.9 Å². The SMILES string of the molecule is CCOC(=O)C1C(C)=NC(=S)N(C(=O)OC2CCN(Cc3ccccc3)CC2)C1c1ccccc1[N+](=O)[O-]. The minimum absolute atomic E-state index is 0.0999. The van der Waals surface area contributed by atoms with Gasteiger partial charge in [-0.05, 0) is 44.5 Å². The van der Waals surface area contributed by atoms with Crippen LogP contribution >= 0.6 is 12.2 Å². The summed E-state index contributed by atoms with van der Waals surface area (Å²) in [5, 5.41) is 11.8. The van der Waals surface area contributed by atoms with E-state index in [0.29, 0.717) is 18.6 Å². The molecule has 0 aromatic heterocycles. The number of nitro benzene ring substituents is 1. The monoisotopic (exact) mass is 538 g/mol. The quantitative estimate of drug-likeness (QED) is 0.216. The van der Waals surface area contributed by atoms with Crippen molar-refractivity contribution in [2.45, 2.75) is 45.4 Å². The maximum absolute atomic E-state index is 13.6. The Labute approximate surface area is 226 Å². The van der Waals surface area contributed by atoms with Crippen molar-refractivity contribution in [1.82, 2.24) is 9.80 Å². The van der Waals surface area contributed by atoms with Crippen molar-refractivity contribution in [3.8, 4) is 0 Å². The van der Waals surface area contributed by atoms with E-state index in [0.717, 1.165) is 24.5 Å². The van der Waals surface area contributed by atoms with E-state index in [-0.39, 0.29) is 29.1 Å². The third-order valence-corrected chi connectivity index (χ3v) is 7.05. The molecule has 2 aliphatic rings. The summed E-state index contributed by atoms with van der Waals surface area (Å²) >= 11 is 5.44. The molecule has 11 heteroatoms. The van der Waals surface area contributed by atoms with Crippen LogP contribution in [0, 0.1) is 16.0 Å². The number of aliphatic imine (C=N–C) groups is 1. The number of nitrogens with zero attached hydrogens (tertiary/aromatic N) is 4. The third kappa shape index (κ3) is 6.05. The van der Waals surface area contributed by atoms with Gasteiger partial charge in [0.05, 0.1) is 23.1 Å². The van der Waals surface area contributed by atoms with Gasteiger partial charge in [-0.1, -0.05) is 48.5 Å². The number of hydrogen-bond donors (Lipinski definition) is 0. The molecule has 2 heterocycles. The van der Waals surface area contributed by atoms with Crippen LogP contribution < -0.4 is 0 Å². The van der Waals surface area contributed by atoms with Crippen molar-refractivity contribution < 1.29 is 24.0 Å². The molecule has 0 saturated carbocycles. The Morgan fingerprint density at radius 1 is 1.11 bits per heavy atom. The predicted molar refractivity (Wildman–Crippen MR) is 145 cm³/mol. The van der Waals surface area contributed by atoms with Gasteiger partial charge in [0.25, 0.3) is 5.69 Å². The molecule has 2 atom stereocenters. The summed E-state index contributed by atoms with van der Waals surface area (Å²) in [6.07, 6.45) is 0.0969. The molecule has 2 aromatic carbocycles. The molecule has 2 aliphatic heterocycles. The second-order valence-electron chi connectivity index (χ2n) is 9.24. The van der Waals surface area contributed by atoms with Crippen LogP contribution in [0.4, 0.5) is 10.5 Å². The molecule has 1 amide bonds. The van der Waals surface area contributed by atoms with E-state index in [9.17, 15) is 19.7 Å². The lowest BCUT2D eigenvalue weighted by Crippen LogP contribution is -2.51. The molecule has 0 radical (unpaired) electrons. The Balaban J connectivity index is 1.56. The summed E-state index contributed by atoms with van der Waals surface area (Å²) in [5.41, 5.74) is 1.44. The molecule has 4 rings (SSSR count). The Hall–Kier alpha value is -3.70. The van der Waals surface area contributed by atoms with Crippen LogP contribution in [0.5, 0.6) is 0 Å². The highest BCUT2D eigenvalue weighted by atomic mass is 32.1. The van der Waals surface area contributed by atoms with Gasteiger partial charge in [0.1, 0.15) is 12.0 Å². The number of para-hydroxylation sites is 1. The Bertz CT molecular complexity index is 1230. The van der Waals surface area contributed by atoms with Gasteiger partial charge in [0.2, 0.25) is 5.11 Å². The fourth-order valence-corrected chi connectivity index (χ4v) is 5.27. The Morgan fingerprint density at radius 2 is 1.76 bits per heavy atom. The number of ether oxygens (including phenoxy) is 2. The van der Waals surface area contributed by atoms with Gasteiger partial charge < -0.3 is 9.47 Å². The van der Waals surface area contributed by atoms with Crippen molar-refractivity contribution in [1.29, 1.82) is 0 Å². The van der Waals surface area contributed by atoms with Gasteiger partial charge in [-0.3, -0.25) is 19.8 Å². The lowest BCUT2D eigenvalue weighted by atomic mass is 9.86. The smallest absolute Gasteiger partial charge is 0.417 e. The topological polar surface area (TPSA) is 115 Å². The van der Waals surface area contributed by atoms with Gasteiger partial charge in [0.15, 0.2) is 0 Å². The van der Waals surface area contributed by atoms with E-state index in [2.05, 4.69) is 22.0 Å². The number of amides is 1. The minimum atomic E-state index is -1.13. The van der Waals surface area contributed by atoms with E-state index in [1.165, 1.54) is 23.8 Å². The zero-order valence-corrected chi connectivity index (χ0v) is 22.1. The first-order valence-corrected chi connectivity index (χ1v) is 13.0. The molecule has 10 nitrogen and oxygen atoms in total. The highest BCUT2D eigenvalue weighted by Gasteiger charge is 2.47. The van der Waals surface area contributed by atoms with Crippen LogP contribution in [0.2, 0.25) is 0 Å². The molecule has 2 unspecified atom stereocenters. The Morgan fingerprint density at radius 3 is 2.42 bits per heavy atom. The van der Waals surface area contributed by atoms with E-state index in [1.807, 2.05) is 18.2 Å². The number of piperidine rings is 1. The van der Waals surface area contributed by atoms with E-state index in [4.69, 9.17) is 21.7 Å². The van der Waals surface area contributed by atoms with E-state index < -0.39 is 28.9 Å². The van der Waals surface area contributed by atoms with Crippen LogP contribution in [0.15, 0.2) is 59.6 Å². The molecule has 0 bridgehead atoms. The lowest BCUT2D eigenvalue weighted by Gasteiger charge is -2.39. The highest BCUT2D eigenvalue weighted by Crippen LogP contribution is 2.40. The molecule has 0 N–H and O–H groups in total. The van der Waals surface area contributed by atoms with E-state index >= 15 is 0 Å². The average Bonchev–Trinajstić information content (AvgIpc) is 2.90. The summed E-state index contributed by atoms with van der Waals surface area (Å²) < 4.78 is 11.1. The first-order valence-electron chi connectivity index (χ1n) is 12.5. The number of hydrogen-bond acceptors (Lipinski definition) is 8. The summed E-state index contributed by atoms with van der Waals surface area (Å²) in [4.78, 5) is 45.6. The second-order valence-corrected chi connectivity index (χ2v) is 9.61. The maximum Gasteiger partial charge on any atom is 0.417 e. The van der Waals surface area contributed by atoms with Crippen molar-refractivity contribution in [3.05, 3.63) is 75.8 Å². The average molecular weight is 539 g/mol. The molecule has 0 aliphatic carbocycles. The van der Waals surface area contributed by atoms with Gasteiger partial charge in [0, 0.05) is 31.4 Å². The number of likely N-dealkylation sites (tertiary alicyclic amines) is 1. The number of nitro groups is 1. The fraction of sp³-hybridized carbons (Fsp3) is 0.407. The van der Waals surface area contributed by atoms with Crippen LogP contribution in [0.3, 0.4) is 0 Å². The zero-order chi connectivity index (χ0) is 27.2. The largest absolute Gasteiger partial charge is 0.465 e. The first-order chi connectivity index (χ1) is 18.3. The summed E-state index contributed by atoms with van der Waals surface area (Å²) in [5.74, 6) is -1.73. The normalized spacial score (nSPS) is 20.5. The number of thiocarbonyl (C=S) groups is 1. The molecular formula is C27H30N4O6S. The molecule has 1 fully saturated rings. The molecule has 0 spiro atoms. The Kier molecular flexibility index (Phi) is 8.80. The first kappa shape index (κ1) is 27.3. The van der Waals surface area contributed by atoms with Crippen LogP contribution in [0.25, 0.3) is 0 Å². The minimum Gasteiger partial charge on any atom is -0.465 e. The summed E-state index contributed by atoms with van der Waals surface area (Å²) in [6.45, 7) is 5.66. The van der Waals surface area contributed by atoms with Gasteiger partial charge in [-0.15, -0.1) is 0 Å². The standard InChI is InChI=1S/C27H30N4O6S/c1-3-36-25(32)23-18(2)28-26(38)30(24(23)21-11-7-8-12-22(21)31(34)35)27(33)37-20-13-15-29(16-14-20)17-19-9-5-4-6-10-19/h4-12,20,23-24H,3,13-17H2,1-2H3. The molecular weight excluding hydrogens is 508 g/mol. The second kappa shape index (κ2) is 12.2. The van der Waals surface area contributed by atoms with Crippen molar-refractivity contribution in [2.24, 2.45) is 10.9 Å². The summed E-state index contributed by atoms with van der Waals surface area (Å²) in [7, 11) is 0. The highest BCUT2D eigenvalue weighted by molar-refractivity contribution is 7.80. The van der Waals surface area contributed by atoms with Crippen LogP contribution in [-0.4, -0.2) is 63.4 Å². The lowest BCUT2D eigenvalue weighted by molar-refractivity contribution is -0.385. The van der Waals surface area contributed by atoms with Crippen molar-refractivity contribution >= 4 is 40.8 Å². The van der Waals surface area contributed by atoms with Crippen LogP contribution in [0.1, 0.15) is 43.9 Å². The number of carbonyl (C=O) groups is 2. The maximum atomic E-state index is 13.6.